The third kappa shape index (κ3) is 5.20. The number of nitrogens with one attached hydrogen (secondary N) is 1. The van der Waals surface area contributed by atoms with E-state index in [4.69, 9.17) is 4.74 Å². The van der Waals surface area contributed by atoms with Gasteiger partial charge in [-0.2, -0.15) is 5.10 Å². The molecule has 0 saturated carbocycles. The summed E-state index contributed by atoms with van der Waals surface area (Å²) in [4.78, 5) is 11.4. The van der Waals surface area contributed by atoms with Crippen molar-refractivity contribution in [2.75, 3.05) is 65.9 Å². The van der Waals surface area contributed by atoms with Crippen LogP contribution in [-0.4, -0.2) is 86.5 Å². The third-order valence-corrected chi connectivity index (χ3v) is 5.40. The first-order chi connectivity index (χ1) is 14.0. The lowest BCUT2D eigenvalue weighted by Crippen LogP contribution is -2.53. The first-order valence-electron chi connectivity index (χ1n) is 10.0. The van der Waals surface area contributed by atoms with Crippen molar-refractivity contribution >= 4 is 11.6 Å². The molecule has 1 aliphatic heterocycles. The molecule has 1 aromatic carbocycles. The highest BCUT2D eigenvalue weighted by Gasteiger charge is 2.22. The third-order valence-electron chi connectivity index (χ3n) is 5.40. The fourth-order valence-electron chi connectivity index (χ4n) is 3.71. The minimum Gasteiger partial charge on any atom is -0.497 e. The van der Waals surface area contributed by atoms with E-state index in [0.717, 1.165) is 44.4 Å². The zero-order chi connectivity index (χ0) is 20.8. The SMILES string of the molecule is CN=C(NCC(c1cnn(C)c1)N(C)C)N1CCN(c2cccc(OC)c2)CC1. The molecule has 0 bridgehead atoms. The molecule has 1 aromatic heterocycles. The Morgan fingerprint density at radius 3 is 2.62 bits per heavy atom. The van der Waals surface area contributed by atoms with Gasteiger partial charge in [0.05, 0.1) is 19.3 Å². The molecule has 0 aliphatic carbocycles. The number of methoxy groups -OCH3 is 1. The molecule has 29 heavy (non-hydrogen) atoms. The smallest absolute Gasteiger partial charge is 0.193 e. The molecule has 2 heterocycles. The zero-order valence-corrected chi connectivity index (χ0v) is 18.2. The number of anilines is 1. The van der Waals surface area contributed by atoms with Crippen LogP contribution in [0.4, 0.5) is 5.69 Å². The lowest BCUT2D eigenvalue weighted by atomic mass is 10.1. The van der Waals surface area contributed by atoms with E-state index in [9.17, 15) is 0 Å². The van der Waals surface area contributed by atoms with Gasteiger partial charge in [-0.25, -0.2) is 0 Å². The van der Waals surface area contributed by atoms with E-state index in [1.807, 2.05) is 37.1 Å². The van der Waals surface area contributed by atoms with Gasteiger partial charge in [-0.1, -0.05) is 6.07 Å². The van der Waals surface area contributed by atoms with E-state index in [0.29, 0.717) is 0 Å². The fourth-order valence-corrected chi connectivity index (χ4v) is 3.71. The second-order valence-corrected chi connectivity index (χ2v) is 7.53. The van der Waals surface area contributed by atoms with Crippen LogP contribution >= 0.6 is 0 Å². The van der Waals surface area contributed by atoms with Crippen molar-refractivity contribution < 1.29 is 4.74 Å². The van der Waals surface area contributed by atoms with Gasteiger partial charge in [0.25, 0.3) is 0 Å². The Morgan fingerprint density at radius 1 is 1.28 bits per heavy atom. The molecule has 158 valence electrons. The van der Waals surface area contributed by atoms with Crippen LogP contribution in [0.2, 0.25) is 0 Å². The first-order valence-corrected chi connectivity index (χ1v) is 10.0. The molecule has 1 fully saturated rings. The number of benzene rings is 1. The first kappa shape index (κ1) is 21.0. The van der Waals surface area contributed by atoms with Gasteiger partial charge in [0, 0.05) is 70.3 Å². The Balaban J connectivity index is 1.57. The summed E-state index contributed by atoms with van der Waals surface area (Å²) in [7, 11) is 9.69. The van der Waals surface area contributed by atoms with Crippen LogP contribution < -0.4 is 15.0 Å². The number of aromatic nitrogens is 2. The summed E-state index contributed by atoms with van der Waals surface area (Å²) in [6, 6.07) is 8.49. The van der Waals surface area contributed by atoms with E-state index in [-0.39, 0.29) is 6.04 Å². The summed E-state index contributed by atoms with van der Waals surface area (Å²) < 4.78 is 7.20. The normalized spacial score (nSPS) is 16.3. The minimum atomic E-state index is 0.235. The number of nitrogens with zero attached hydrogens (tertiary/aromatic N) is 6. The van der Waals surface area contributed by atoms with Crippen molar-refractivity contribution in [3.63, 3.8) is 0 Å². The molecule has 0 amide bonds. The maximum Gasteiger partial charge on any atom is 0.193 e. The molecule has 1 saturated heterocycles. The van der Waals surface area contributed by atoms with Crippen LogP contribution in [0.5, 0.6) is 5.75 Å². The molecule has 0 radical (unpaired) electrons. The highest BCUT2D eigenvalue weighted by Crippen LogP contribution is 2.22. The van der Waals surface area contributed by atoms with Crippen LogP contribution in [-0.2, 0) is 7.05 Å². The molecule has 1 atom stereocenters. The molecule has 0 spiro atoms. The summed E-state index contributed by atoms with van der Waals surface area (Å²) in [5.74, 6) is 1.85. The van der Waals surface area contributed by atoms with Crippen LogP contribution in [0.3, 0.4) is 0 Å². The van der Waals surface area contributed by atoms with Crippen LogP contribution in [0.15, 0.2) is 41.7 Å². The van der Waals surface area contributed by atoms with Crippen molar-refractivity contribution in [1.82, 2.24) is 24.9 Å². The van der Waals surface area contributed by atoms with Crippen LogP contribution in [0.1, 0.15) is 11.6 Å². The Labute approximate surface area is 173 Å². The number of guanidine groups is 1. The van der Waals surface area contributed by atoms with Crippen molar-refractivity contribution in [3.8, 4) is 5.75 Å². The van der Waals surface area contributed by atoms with Crippen molar-refractivity contribution in [2.24, 2.45) is 12.0 Å². The molecule has 8 nitrogen and oxygen atoms in total. The van der Waals surface area contributed by atoms with Gasteiger partial charge in [-0.15, -0.1) is 0 Å². The monoisotopic (exact) mass is 399 g/mol. The van der Waals surface area contributed by atoms with E-state index in [2.05, 4.69) is 62.5 Å². The standard InChI is InChI=1S/C21H33N7O/c1-22-21(23-15-20(25(2)3)17-14-24-26(4)16-17)28-11-9-27(10-12-28)18-7-6-8-19(13-18)29-5/h6-8,13-14,16,20H,9-12,15H2,1-5H3,(H,22,23). The zero-order valence-electron chi connectivity index (χ0n) is 18.2. The van der Waals surface area contributed by atoms with Gasteiger partial charge >= 0.3 is 0 Å². The minimum absolute atomic E-state index is 0.235. The topological polar surface area (TPSA) is 61.2 Å². The maximum atomic E-state index is 5.36. The number of hydrogen-bond donors (Lipinski definition) is 1. The Bertz CT molecular complexity index is 809. The average Bonchev–Trinajstić information content (AvgIpc) is 3.17. The van der Waals surface area contributed by atoms with Gasteiger partial charge < -0.3 is 24.8 Å². The number of ether oxygens (including phenoxy) is 1. The molecule has 2 aromatic rings. The Morgan fingerprint density at radius 2 is 2.03 bits per heavy atom. The van der Waals surface area contributed by atoms with Crippen LogP contribution in [0.25, 0.3) is 0 Å². The Hall–Kier alpha value is -2.74. The molecule has 3 rings (SSSR count). The molecular weight excluding hydrogens is 366 g/mol. The van der Waals surface area contributed by atoms with Gasteiger partial charge in [0.1, 0.15) is 5.75 Å². The number of likely N-dealkylation sites (N-methyl/N-ethyl adjacent to an activating group) is 1. The second kappa shape index (κ2) is 9.65. The molecule has 1 N–H and O–H groups in total. The summed E-state index contributed by atoms with van der Waals surface area (Å²) in [6.07, 6.45) is 4.00. The van der Waals surface area contributed by atoms with Crippen molar-refractivity contribution in [3.05, 3.63) is 42.2 Å². The highest BCUT2D eigenvalue weighted by atomic mass is 16.5. The molecular formula is C21H33N7O. The maximum absolute atomic E-state index is 5.36. The lowest BCUT2D eigenvalue weighted by molar-refractivity contribution is 0.292. The number of rotatable bonds is 6. The van der Waals surface area contributed by atoms with Gasteiger partial charge in [-0.05, 0) is 26.2 Å². The molecule has 8 heteroatoms. The fraction of sp³-hybridized carbons (Fsp3) is 0.524. The predicted molar refractivity (Wildman–Crippen MR) is 118 cm³/mol. The molecule has 1 unspecified atom stereocenters. The van der Waals surface area contributed by atoms with Crippen molar-refractivity contribution in [2.45, 2.75) is 6.04 Å². The van der Waals surface area contributed by atoms with E-state index in [1.54, 1.807) is 7.11 Å². The summed E-state index contributed by atoms with van der Waals surface area (Å²) in [6.45, 7) is 4.54. The van der Waals surface area contributed by atoms with Gasteiger partial charge in [0.2, 0.25) is 0 Å². The quantitative estimate of drug-likeness (QED) is 0.586. The Kier molecular flexibility index (Phi) is 6.98. The van der Waals surface area contributed by atoms with E-state index in [1.165, 1.54) is 11.3 Å². The van der Waals surface area contributed by atoms with Gasteiger partial charge in [0.15, 0.2) is 5.96 Å². The highest BCUT2D eigenvalue weighted by molar-refractivity contribution is 5.80. The van der Waals surface area contributed by atoms with E-state index >= 15 is 0 Å². The lowest BCUT2D eigenvalue weighted by Gasteiger charge is -2.38. The summed E-state index contributed by atoms with van der Waals surface area (Å²) in [5.41, 5.74) is 2.40. The van der Waals surface area contributed by atoms with Crippen LogP contribution in [0, 0.1) is 0 Å². The van der Waals surface area contributed by atoms with E-state index < -0.39 is 0 Å². The number of aryl methyl sites for hydroxylation is 1. The summed E-state index contributed by atoms with van der Waals surface area (Å²) in [5, 5.41) is 7.87. The number of hydrogen-bond acceptors (Lipinski definition) is 5. The van der Waals surface area contributed by atoms with Crippen molar-refractivity contribution in [1.29, 1.82) is 0 Å². The summed E-state index contributed by atoms with van der Waals surface area (Å²) >= 11 is 0. The predicted octanol–water partition coefficient (Wildman–Crippen LogP) is 1.43. The average molecular weight is 400 g/mol. The molecule has 1 aliphatic rings. The second-order valence-electron chi connectivity index (χ2n) is 7.53. The number of piperazine rings is 1. The number of aliphatic imine (C=N–C) groups is 1. The largest absolute Gasteiger partial charge is 0.497 e. The van der Waals surface area contributed by atoms with Gasteiger partial charge in [-0.3, -0.25) is 9.67 Å².